The Bertz CT molecular complexity index is 1240. The van der Waals surface area contributed by atoms with Gasteiger partial charge in [0, 0.05) is 32.1 Å². The highest BCUT2D eigenvalue weighted by molar-refractivity contribution is 7.91. The molecule has 0 aliphatic carbocycles. The Morgan fingerprint density at radius 3 is 2.31 bits per heavy atom. The van der Waals surface area contributed by atoms with Crippen LogP contribution in [0.5, 0.6) is 0 Å². The number of sulfonamides is 1. The summed E-state index contributed by atoms with van der Waals surface area (Å²) in [5, 5.41) is 7.72. The Hall–Kier alpha value is -2.76. The number of nitrogens with two attached hydrogens (primary N) is 1. The third-order valence-corrected chi connectivity index (χ3v) is 7.91. The molecular weight excluding hydrogens is 454 g/mol. The van der Waals surface area contributed by atoms with Gasteiger partial charge in [0.15, 0.2) is 9.84 Å². The average molecular weight is 480 g/mol. The van der Waals surface area contributed by atoms with Gasteiger partial charge in [-0.3, -0.25) is 9.59 Å². The largest absolute Gasteiger partial charge is 0.356 e. The first-order chi connectivity index (χ1) is 15.0. The predicted molar refractivity (Wildman–Crippen MR) is 119 cm³/mol. The highest BCUT2D eigenvalue weighted by Crippen LogP contribution is 2.30. The zero-order chi connectivity index (χ0) is 23.5. The number of sulfone groups is 1. The van der Waals surface area contributed by atoms with Gasteiger partial charge in [-0.05, 0) is 54.3 Å². The van der Waals surface area contributed by atoms with Gasteiger partial charge in [0.25, 0.3) is 0 Å². The lowest BCUT2D eigenvalue weighted by atomic mass is 10.1. The van der Waals surface area contributed by atoms with Gasteiger partial charge < -0.3 is 10.2 Å². The van der Waals surface area contributed by atoms with Crippen LogP contribution in [0, 0.1) is 0 Å². The molecule has 0 unspecified atom stereocenters. The number of rotatable bonds is 8. The van der Waals surface area contributed by atoms with Gasteiger partial charge >= 0.3 is 0 Å². The van der Waals surface area contributed by atoms with Crippen LogP contribution in [0.2, 0.25) is 0 Å². The molecule has 2 aromatic carbocycles. The van der Waals surface area contributed by atoms with Crippen LogP contribution in [-0.4, -0.2) is 47.5 Å². The van der Waals surface area contributed by atoms with E-state index in [4.69, 9.17) is 5.14 Å². The van der Waals surface area contributed by atoms with Crippen molar-refractivity contribution in [2.75, 3.05) is 23.7 Å². The van der Waals surface area contributed by atoms with Crippen molar-refractivity contribution in [2.45, 2.75) is 36.0 Å². The first kappa shape index (κ1) is 23.9. The molecular formula is C21H25N3O6S2. The van der Waals surface area contributed by atoms with Crippen molar-refractivity contribution in [1.82, 2.24) is 5.32 Å². The van der Waals surface area contributed by atoms with Crippen LogP contribution in [0.15, 0.2) is 52.3 Å². The van der Waals surface area contributed by atoms with Crippen LogP contribution < -0.4 is 15.4 Å². The Labute approximate surface area is 187 Å². The molecule has 2 amide bonds. The molecule has 0 atom stereocenters. The Morgan fingerprint density at radius 1 is 1.03 bits per heavy atom. The number of fused-ring (bicyclic) bond motifs is 1. The number of amides is 2. The number of anilines is 1. The average Bonchev–Trinajstić information content (AvgIpc) is 3.16. The van der Waals surface area contributed by atoms with E-state index >= 15 is 0 Å². The molecule has 1 heterocycles. The minimum atomic E-state index is -3.75. The van der Waals surface area contributed by atoms with Gasteiger partial charge in [0.05, 0.1) is 15.5 Å². The minimum absolute atomic E-state index is 0.0102. The zero-order valence-electron chi connectivity index (χ0n) is 17.6. The molecule has 0 aromatic heterocycles. The molecule has 0 saturated carbocycles. The van der Waals surface area contributed by atoms with Crippen LogP contribution in [-0.2, 0) is 42.3 Å². The number of carbonyl (C=O) groups is 2. The molecule has 9 nitrogen and oxygen atoms in total. The van der Waals surface area contributed by atoms with Crippen molar-refractivity contribution in [3.8, 4) is 0 Å². The van der Waals surface area contributed by atoms with E-state index in [1.807, 2.05) is 0 Å². The molecule has 3 N–H and O–H groups in total. The molecule has 0 spiro atoms. The highest BCUT2D eigenvalue weighted by Gasteiger charge is 2.25. The van der Waals surface area contributed by atoms with Gasteiger partial charge in [-0.15, -0.1) is 0 Å². The Kier molecular flexibility index (Phi) is 7.01. The molecule has 1 aliphatic rings. The molecule has 0 fully saturated rings. The van der Waals surface area contributed by atoms with Crippen LogP contribution in [0.25, 0.3) is 0 Å². The van der Waals surface area contributed by atoms with E-state index in [9.17, 15) is 26.4 Å². The van der Waals surface area contributed by atoms with E-state index in [-0.39, 0.29) is 34.4 Å². The van der Waals surface area contributed by atoms with Gasteiger partial charge in [0.1, 0.15) is 0 Å². The topological polar surface area (TPSA) is 144 Å². The smallest absolute Gasteiger partial charge is 0.238 e. The fraction of sp³-hybridized carbons (Fsp3) is 0.333. The summed E-state index contributed by atoms with van der Waals surface area (Å²) in [6.45, 7) is 2.28. The summed E-state index contributed by atoms with van der Waals surface area (Å²) in [5.74, 6) is -0.799. The number of benzene rings is 2. The Balaban J connectivity index is 1.51. The summed E-state index contributed by atoms with van der Waals surface area (Å²) in [6, 6.07) is 10.7. The summed E-state index contributed by atoms with van der Waals surface area (Å²) >= 11 is 0. The van der Waals surface area contributed by atoms with E-state index in [1.165, 1.54) is 25.1 Å². The lowest BCUT2D eigenvalue weighted by Crippen LogP contribution is -2.27. The monoisotopic (exact) mass is 479 g/mol. The summed E-state index contributed by atoms with van der Waals surface area (Å²) in [6.07, 6.45) is 0.876. The fourth-order valence-electron chi connectivity index (χ4n) is 3.52. The van der Waals surface area contributed by atoms with Crippen molar-refractivity contribution in [1.29, 1.82) is 0 Å². The second-order valence-corrected chi connectivity index (χ2v) is 11.2. The first-order valence-electron chi connectivity index (χ1n) is 9.99. The molecule has 172 valence electrons. The summed E-state index contributed by atoms with van der Waals surface area (Å²) in [5.41, 5.74) is 2.34. The maximum absolute atomic E-state index is 12.6. The van der Waals surface area contributed by atoms with Crippen LogP contribution in [0.1, 0.15) is 24.5 Å². The maximum Gasteiger partial charge on any atom is 0.238 e. The van der Waals surface area contributed by atoms with Gasteiger partial charge in [-0.1, -0.05) is 12.1 Å². The lowest BCUT2D eigenvalue weighted by Gasteiger charge is -2.15. The third-order valence-electron chi connectivity index (χ3n) is 5.27. The van der Waals surface area contributed by atoms with Crippen molar-refractivity contribution >= 4 is 37.4 Å². The second kappa shape index (κ2) is 9.39. The molecule has 11 heteroatoms. The molecule has 3 rings (SSSR count). The van der Waals surface area contributed by atoms with Crippen molar-refractivity contribution in [3.05, 3.63) is 53.6 Å². The molecule has 32 heavy (non-hydrogen) atoms. The Morgan fingerprint density at radius 2 is 1.69 bits per heavy atom. The standard InChI is InChI=1S/C21H25N3O6S2/c1-15(25)24-12-9-17-14-19(6-7-20(17)24)31(27,28)13-10-21(26)23-11-8-16-2-4-18(5-3-16)32(22,29)30/h2-7,14H,8-13H2,1H3,(H,23,26)(H2,22,29,30). The minimum Gasteiger partial charge on any atom is -0.356 e. The fourth-order valence-corrected chi connectivity index (χ4v) is 5.33. The van der Waals surface area contributed by atoms with E-state index < -0.39 is 25.8 Å². The first-order valence-corrected chi connectivity index (χ1v) is 13.2. The van der Waals surface area contributed by atoms with Crippen molar-refractivity contribution < 1.29 is 26.4 Å². The number of carbonyl (C=O) groups excluding carboxylic acids is 2. The third kappa shape index (κ3) is 5.72. The number of hydrogen-bond acceptors (Lipinski definition) is 6. The maximum atomic E-state index is 12.6. The molecule has 0 radical (unpaired) electrons. The van der Waals surface area contributed by atoms with Crippen LogP contribution in [0.3, 0.4) is 0 Å². The van der Waals surface area contributed by atoms with E-state index in [0.717, 1.165) is 16.8 Å². The number of hydrogen-bond donors (Lipinski definition) is 2. The van der Waals surface area contributed by atoms with Gasteiger partial charge in [0.2, 0.25) is 21.8 Å². The second-order valence-electron chi connectivity index (χ2n) is 7.57. The van der Waals surface area contributed by atoms with Crippen LogP contribution in [0.4, 0.5) is 5.69 Å². The quantitative estimate of drug-likeness (QED) is 0.572. The summed E-state index contributed by atoms with van der Waals surface area (Å²) < 4.78 is 47.8. The molecule has 0 saturated heterocycles. The normalized spacial score (nSPS) is 13.6. The highest BCUT2D eigenvalue weighted by atomic mass is 32.2. The number of nitrogens with one attached hydrogen (secondary N) is 1. The zero-order valence-corrected chi connectivity index (χ0v) is 19.2. The van der Waals surface area contributed by atoms with Crippen molar-refractivity contribution in [2.24, 2.45) is 5.14 Å². The van der Waals surface area contributed by atoms with E-state index in [0.29, 0.717) is 19.4 Å². The summed E-state index contributed by atoms with van der Waals surface area (Å²) in [4.78, 5) is 25.5. The lowest BCUT2D eigenvalue weighted by molar-refractivity contribution is -0.120. The summed E-state index contributed by atoms with van der Waals surface area (Å²) in [7, 11) is -7.40. The molecule has 1 aliphatic heterocycles. The van der Waals surface area contributed by atoms with E-state index in [1.54, 1.807) is 29.2 Å². The van der Waals surface area contributed by atoms with Crippen LogP contribution >= 0.6 is 0 Å². The predicted octanol–water partition coefficient (Wildman–Crippen LogP) is 0.766. The molecule has 2 aromatic rings. The number of nitrogens with zero attached hydrogens (tertiary/aromatic N) is 1. The molecule has 0 bridgehead atoms. The van der Waals surface area contributed by atoms with Gasteiger partial charge in [-0.2, -0.15) is 0 Å². The number of primary sulfonamides is 1. The van der Waals surface area contributed by atoms with E-state index in [2.05, 4.69) is 5.32 Å². The van der Waals surface area contributed by atoms with Crippen molar-refractivity contribution in [3.63, 3.8) is 0 Å². The van der Waals surface area contributed by atoms with Gasteiger partial charge in [-0.25, -0.2) is 22.0 Å². The SMILES string of the molecule is CC(=O)N1CCc2cc(S(=O)(=O)CCC(=O)NCCc3ccc(S(N)(=O)=O)cc3)ccc21.